The Morgan fingerprint density at radius 2 is 0.977 bits per heavy atom. The smallest absolute Gasteiger partial charge is 0.305 e. The second-order valence-corrected chi connectivity index (χ2v) is 12.7. The van der Waals surface area contributed by atoms with Crippen LogP contribution in [-0.4, -0.2) is 50.1 Å². The molecule has 0 spiro atoms. The van der Waals surface area contributed by atoms with Crippen LogP contribution in [0.5, 0.6) is 0 Å². The van der Waals surface area contributed by atoms with Crippen molar-refractivity contribution in [2.24, 2.45) is 0 Å². The number of hydrogen-bond acceptors (Lipinski definition) is 8. The minimum absolute atomic E-state index is 0.186. The summed E-state index contributed by atoms with van der Waals surface area (Å²) in [6.07, 6.45) is 10.2. The number of unbranched alkanes of at least 4 members (excludes halogenated alkanes) is 6. The molecule has 8 nitrogen and oxygen atoms in total. The van der Waals surface area contributed by atoms with Gasteiger partial charge in [0.05, 0.1) is 24.3 Å². The molecule has 0 bridgehead atoms. The summed E-state index contributed by atoms with van der Waals surface area (Å²) in [7, 11) is 2.82. The van der Waals surface area contributed by atoms with E-state index in [4.69, 9.17) is 9.47 Å². The van der Waals surface area contributed by atoms with Gasteiger partial charge in [-0.3, -0.25) is 19.2 Å². The topological polar surface area (TPSA) is 111 Å². The number of amides is 2. The Morgan fingerprint density at radius 3 is 1.39 bits per heavy atom. The molecule has 2 aromatic rings. The van der Waals surface area contributed by atoms with Crippen molar-refractivity contribution in [1.29, 1.82) is 0 Å². The Balaban J connectivity index is 1.76. The largest absolute Gasteiger partial charge is 0.466 e. The molecule has 0 aromatic heterocycles. The quantitative estimate of drug-likeness (QED) is 0.0718. The van der Waals surface area contributed by atoms with E-state index < -0.39 is 0 Å². The average molecular weight is 645 g/mol. The summed E-state index contributed by atoms with van der Waals surface area (Å²) in [5, 5.41) is 5.82. The van der Waals surface area contributed by atoms with Gasteiger partial charge in [0.25, 0.3) is 11.8 Å². The summed E-state index contributed by atoms with van der Waals surface area (Å²) < 4.78 is 10.5. The Labute approximate surface area is 270 Å². The van der Waals surface area contributed by atoms with Gasteiger partial charge in [0.15, 0.2) is 0 Å². The standard InChI is InChI=1S/C34H48N2O6S2/c1-3-5-7-9-21-31(37)41-25-15-23-35-33(39)27-17-11-13-19-29(27)43-44-30-20-14-12-18-28(30)34(40)36-24-16-26-42-32(38)22-10-8-6-4-2/h11-14,17-20H,3-10,15-16,21-26H2,1-2H3,(H,35,39)(H,36,40). The maximum absolute atomic E-state index is 12.9. The first-order valence-electron chi connectivity index (χ1n) is 15.9. The number of carbonyl (C=O) groups excluding carboxylic acids is 4. The second kappa shape index (κ2) is 23.4. The van der Waals surface area contributed by atoms with Crippen LogP contribution in [0.3, 0.4) is 0 Å². The van der Waals surface area contributed by atoms with E-state index in [1.165, 1.54) is 21.6 Å². The number of carbonyl (C=O) groups is 4. The predicted octanol–water partition coefficient (Wildman–Crippen LogP) is 7.75. The fourth-order valence-electron chi connectivity index (χ4n) is 4.19. The molecule has 0 heterocycles. The summed E-state index contributed by atoms with van der Waals surface area (Å²) in [5.41, 5.74) is 1.08. The number of hydrogen-bond donors (Lipinski definition) is 2. The zero-order chi connectivity index (χ0) is 31.8. The van der Waals surface area contributed by atoms with E-state index in [-0.39, 0.29) is 37.0 Å². The molecule has 2 amide bonds. The molecule has 0 unspecified atom stereocenters. The van der Waals surface area contributed by atoms with E-state index in [2.05, 4.69) is 24.5 Å². The van der Waals surface area contributed by atoms with Crippen LogP contribution in [0.25, 0.3) is 0 Å². The van der Waals surface area contributed by atoms with Crippen molar-refractivity contribution in [1.82, 2.24) is 10.6 Å². The van der Waals surface area contributed by atoms with Gasteiger partial charge in [-0.25, -0.2) is 0 Å². The third-order valence-corrected chi connectivity index (χ3v) is 9.17. The minimum atomic E-state index is -0.202. The highest BCUT2D eigenvalue weighted by molar-refractivity contribution is 8.76. The van der Waals surface area contributed by atoms with E-state index in [9.17, 15) is 19.2 Å². The molecule has 0 saturated carbocycles. The number of ether oxygens (including phenoxy) is 2. The number of rotatable bonds is 23. The first-order valence-corrected chi connectivity index (χ1v) is 18.0. The molecule has 0 aliphatic rings. The molecular weight excluding hydrogens is 597 g/mol. The Hall–Kier alpha value is -2.98. The summed E-state index contributed by atoms with van der Waals surface area (Å²) in [5.74, 6) is -0.775. The van der Waals surface area contributed by atoms with E-state index >= 15 is 0 Å². The van der Waals surface area contributed by atoms with Gasteiger partial charge in [-0.05, 0) is 49.9 Å². The zero-order valence-corrected chi connectivity index (χ0v) is 27.8. The average Bonchev–Trinajstić information content (AvgIpc) is 3.04. The molecule has 44 heavy (non-hydrogen) atoms. The van der Waals surface area contributed by atoms with Crippen LogP contribution in [0.2, 0.25) is 0 Å². The third kappa shape index (κ3) is 15.7. The lowest BCUT2D eigenvalue weighted by molar-refractivity contribution is -0.144. The van der Waals surface area contributed by atoms with E-state index in [1.807, 2.05) is 36.4 Å². The fraction of sp³-hybridized carbons (Fsp3) is 0.529. The van der Waals surface area contributed by atoms with Crippen molar-refractivity contribution in [3.63, 3.8) is 0 Å². The van der Waals surface area contributed by atoms with E-state index in [0.29, 0.717) is 49.9 Å². The highest BCUT2D eigenvalue weighted by Gasteiger charge is 2.15. The second-order valence-electron chi connectivity index (χ2n) is 10.4. The normalized spacial score (nSPS) is 10.7. The number of nitrogens with one attached hydrogen (secondary N) is 2. The molecule has 2 rings (SSSR count). The van der Waals surface area contributed by atoms with Gasteiger partial charge >= 0.3 is 11.9 Å². The van der Waals surface area contributed by atoms with Crippen LogP contribution in [0.1, 0.15) is 112 Å². The third-order valence-electron chi connectivity index (χ3n) is 6.69. The van der Waals surface area contributed by atoms with Crippen LogP contribution >= 0.6 is 21.6 Å². The van der Waals surface area contributed by atoms with Gasteiger partial charge in [-0.15, -0.1) is 0 Å². The molecular formula is C34H48N2O6S2. The van der Waals surface area contributed by atoms with Crippen LogP contribution in [-0.2, 0) is 19.1 Å². The van der Waals surface area contributed by atoms with Crippen molar-refractivity contribution < 1.29 is 28.7 Å². The van der Waals surface area contributed by atoms with Crippen molar-refractivity contribution in [3.05, 3.63) is 59.7 Å². The summed E-state index contributed by atoms with van der Waals surface area (Å²) in [4.78, 5) is 51.0. The lowest BCUT2D eigenvalue weighted by Gasteiger charge is -2.12. The van der Waals surface area contributed by atoms with Crippen LogP contribution in [0.15, 0.2) is 58.3 Å². The highest BCUT2D eigenvalue weighted by atomic mass is 33.1. The summed E-state index contributed by atoms with van der Waals surface area (Å²) in [6, 6.07) is 14.7. The van der Waals surface area contributed by atoms with Crippen molar-refractivity contribution in [2.45, 2.75) is 101 Å². The molecule has 0 radical (unpaired) electrons. The van der Waals surface area contributed by atoms with Gasteiger partial charge in [-0.1, -0.05) is 98.2 Å². The Kier molecular flexibility index (Phi) is 19.8. The van der Waals surface area contributed by atoms with Gasteiger partial charge in [-0.2, -0.15) is 0 Å². The van der Waals surface area contributed by atoms with Crippen LogP contribution < -0.4 is 10.6 Å². The van der Waals surface area contributed by atoms with Crippen molar-refractivity contribution in [3.8, 4) is 0 Å². The van der Waals surface area contributed by atoms with Gasteiger partial charge < -0.3 is 20.1 Å². The zero-order valence-electron chi connectivity index (χ0n) is 26.2. The predicted molar refractivity (Wildman–Crippen MR) is 178 cm³/mol. The first kappa shape index (κ1) is 37.2. The number of benzene rings is 2. The molecule has 0 fully saturated rings. The molecule has 10 heteroatoms. The SMILES string of the molecule is CCCCCCC(=O)OCCCNC(=O)c1ccccc1SSc1ccccc1C(=O)NCCCOC(=O)CCCCCC. The van der Waals surface area contributed by atoms with Crippen molar-refractivity contribution in [2.75, 3.05) is 26.3 Å². The van der Waals surface area contributed by atoms with E-state index in [1.54, 1.807) is 12.1 Å². The van der Waals surface area contributed by atoms with Crippen LogP contribution in [0, 0.1) is 0 Å². The fourth-order valence-corrected chi connectivity index (χ4v) is 6.55. The molecule has 242 valence electrons. The van der Waals surface area contributed by atoms with Gasteiger partial charge in [0.1, 0.15) is 0 Å². The van der Waals surface area contributed by atoms with E-state index in [0.717, 1.165) is 61.2 Å². The van der Waals surface area contributed by atoms with Crippen LogP contribution in [0.4, 0.5) is 0 Å². The summed E-state index contributed by atoms with van der Waals surface area (Å²) in [6.45, 7) is 5.62. The first-order chi connectivity index (χ1) is 21.5. The lowest BCUT2D eigenvalue weighted by atomic mass is 10.2. The molecule has 0 atom stereocenters. The minimum Gasteiger partial charge on any atom is -0.466 e. The van der Waals surface area contributed by atoms with Gasteiger partial charge in [0.2, 0.25) is 0 Å². The summed E-state index contributed by atoms with van der Waals surface area (Å²) >= 11 is 0. The molecule has 0 saturated heterocycles. The number of esters is 2. The lowest BCUT2D eigenvalue weighted by Crippen LogP contribution is -2.26. The highest BCUT2D eigenvalue weighted by Crippen LogP contribution is 2.40. The Bertz CT molecular complexity index is 1070. The molecule has 0 aliphatic carbocycles. The molecule has 2 aromatic carbocycles. The maximum atomic E-state index is 12.9. The maximum Gasteiger partial charge on any atom is 0.305 e. The molecule has 0 aliphatic heterocycles. The Morgan fingerprint density at radius 1 is 0.568 bits per heavy atom. The monoisotopic (exact) mass is 644 g/mol. The molecule has 2 N–H and O–H groups in total. The van der Waals surface area contributed by atoms with Gasteiger partial charge in [0, 0.05) is 35.7 Å². The van der Waals surface area contributed by atoms with Crippen molar-refractivity contribution >= 4 is 45.3 Å².